The highest BCUT2D eigenvalue weighted by atomic mass is 35.5. The van der Waals surface area contributed by atoms with Crippen LogP contribution in [0.1, 0.15) is 57.9 Å². The Morgan fingerprint density at radius 2 is 2.05 bits per heavy atom. The van der Waals surface area contributed by atoms with Crippen molar-refractivity contribution in [1.29, 1.82) is 0 Å². The van der Waals surface area contributed by atoms with Gasteiger partial charge in [0.1, 0.15) is 11.6 Å². The fourth-order valence-corrected chi connectivity index (χ4v) is 7.37. The van der Waals surface area contributed by atoms with Crippen molar-refractivity contribution in [2.24, 2.45) is 17.8 Å². The van der Waals surface area contributed by atoms with E-state index in [0.29, 0.717) is 36.4 Å². The van der Waals surface area contributed by atoms with Gasteiger partial charge in [0.15, 0.2) is 0 Å². The minimum atomic E-state index is -1.20. The number of ether oxygens (including phenoxy) is 2. The number of fused-ring (bicyclic) bond motifs is 1. The molecule has 6 atom stereocenters. The standard InChI is InChI=1S/C32H43ClN2O6/c1-6-8-9-10-17-40-31(39)25-24-14-15-32(41-24)26(25)29(37)35(22(19-36)18-20(3)4)28(32)30(38)34(16-7-2)27-21(5)12-11-13-23(27)33/h6-7,11-13,20,22,24-26,28,36H,1-2,8-10,14-19H2,3-5H3/t22-,24-,25+,26+,28?,32?/m1/s1. The SMILES string of the molecule is C=CCCCCOC(=O)[C@@H]1[C@H]2C(=O)N([C@@H](CO)CC(C)C)C(C(=O)N(CC=C)c3c(C)cccc3Cl)C23CC[C@H]1O3. The number of anilines is 1. The molecular weight excluding hydrogens is 544 g/mol. The fourth-order valence-electron chi connectivity index (χ4n) is 7.04. The molecule has 3 fully saturated rings. The number of carbonyl (C=O) groups excluding carboxylic acids is 3. The molecule has 1 spiro atoms. The maximum Gasteiger partial charge on any atom is 0.312 e. The number of carbonyl (C=O) groups is 3. The van der Waals surface area contributed by atoms with Gasteiger partial charge in [-0.05, 0) is 63.0 Å². The zero-order valence-electron chi connectivity index (χ0n) is 24.4. The maximum absolute atomic E-state index is 14.7. The van der Waals surface area contributed by atoms with Gasteiger partial charge in [-0.25, -0.2) is 0 Å². The van der Waals surface area contributed by atoms with Gasteiger partial charge in [-0.3, -0.25) is 14.4 Å². The van der Waals surface area contributed by atoms with Crippen molar-refractivity contribution in [2.45, 2.75) is 83.1 Å². The van der Waals surface area contributed by atoms with Crippen molar-refractivity contribution in [3.8, 4) is 0 Å². The molecule has 1 aromatic carbocycles. The lowest BCUT2D eigenvalue weighted by atomic mass is 9.70. The number of esters is 1. The van der Waals surface area contributed by atoms with Crippen molar-refractivity contribution in [1.82, 2.24) is 4.90 Å². The Morgan fingerprint density at radius 3 is 2.68 bits per heavy atom. The summed E-state index contributed by atoms with van der Waals surface area (Å²) >= 11 is 6.62. The van der Waals surface area contributed by atoms with Gasteiger partial charge in [0, 0.05) is 6.54 Å². The Balaban J connectivity index is 1.75. The van der Waals surface area contributed by atoms with Crippen LogP contribution in [0, 0.1) is 24.7 Å². The number of hydrogen-bond acceptors (Lipinski definition) is 6. The first-order valence-electron chi connectivity index (χ1n) is 14.7. The molecule has 2 amide bonds. The van der Waals surface area contributed by atoms with Gasteiger partial charge in [-0.15, -0.1) is 13.2 Å². The summed E-state index contributed by atoms with van der Waals surface area (Å²) in [6.07, 6.45) is 6.80. The molecule has 3 saturated heterocycles. The second kappa shape index (κ2) is 13.1. The van der Waals surface area contributed by atoms with Gasteiger partial charge >= 0.3 is 5.97 Å². The van der Waals surface area contributed by atoms with Crippen LogP contribution in [0.5, 0.6) is 0 Å². The summed E-state index contributed by atoms with van der Waals surface area (Å²) < 4.78 is 12.2. The highest BCUT2D eigenvalue weighted by Gasteiger charge is 2.75. The maximum atomic E-state index is 14.7. The van der Waals surface area contributed by atoms with E-state index in [0.717, 1.165) is 18.4 Å². The molecule has 8 nitrogen and oxygen atoms in total. The lowest BCUT2D eigenvalue weighted by Crippen LogP contribution is -2.59. The van der Waals surface area contributed by atoms with Crippen LogP contribution >= 0.6 is 11.6 Å². The molecule has 1 aromatic rings. The van der Waals surface area contributed by atoms with Gasteiger partial charge < -0.3 is 24.4 Å². The van der Waals surface area contributed by atoms with Crippen LogP contribution in [-0.4, -0.2) is 71.3 Å². The Morgan fingerprint density at radius 1 is 1.29 bits per heavy atom. The number of allylic oxidation sites excluding steroid dienone is 1. The number of hydrogen-bond donors (Lipinski definition) is 1. The van der Waals surface area contributed by atoms with Crippen LogP contribution in [-0.2, 0) is 23.9 Å². The van der Waals surface area contributed by atoms with Gasteiger partial charge in [0.05, 0.1) is 47.9 Å². The minimum absolute atomic E-state index is 0.150. The monoisotopic (exact) mass is 586 g/mol. The minimum Gasteiger partial charge on any atom is -0.465 e. The summed E-state index contributed by atoms with van der Waals surface area (Å²) in [5.74, 6) is -2.68. The predicted molar refractivity (Wildman–Crippen MR) is 159 cm³/mol. The molecule has 1 N–H and O–H groups in total. The van der Waals surface area contributed by atoms with Gasteiger partial charge in [0.2, 0.25) is 5.91 Å². The second-order valence-corrected chi connectivity index (χ2v) is 12.3. The quantitative estimate of drug-likeness (QED) is 0.190. The van der Waals surface area contributed by atoms with Crippen molar-refractivity contribution in [3.63, 3.8) is 0 Å². The van der Waals surface area contributed by atoms with Crippen molar-refractivity contribution in [3.05, 3.63) is 54.1 Å². The molecule has 4 rings (SSSR count). The number of para-hydroxylation sites is 1. The lowest BCUT2D eigenvalue weighted by Gasteiger charge is -2.40. The molecule has 224 valence electrons. The highest BCUT2D eigenvalue weighted by molar-refractivity contribution is 6.34. The third-order valence-corrected chi connectivity index (χ3v) is 8.98. The number of halogens is 1. The molecule has 3 aliphatic heterocycles. The van der Waals surface area contributed by atoms with Crippen molar-refractivity contribution in [2.75, 3.05) is 24.7 Å². The number of rotatable bonds is 14. The van der Waals surface area contributed by atoms with E-state index in [-0.39, 0.29) is 37.5 Å². The summed E-state index contributed by atoms with van der Waals surface area (Å²) in [4.78, 5) is 45.6. The molecule has 3 aliphatic rings. The van der Waals surface area contributed by atoms with Crippen LogP contribution in [0.3, 0.4) is 0 Å². The van der Waals surface area contributed by atoms with Crippen LogP contribution in [0.2, 0.25) is 5.02 Å². The third-order valence-electron chi connectivity index (χ3n) is 8.67. The normalized spacial score (nSPS) is 27.2. The number of aliphatic hydroxyl groups excluding tert-OH is 1. The molecule has 0 radical (unpaired) electrons. The number of aliphatic hydroxyl groups is 1. The second-order valence-electron chi connectivity index (χ2n) is 11.9. The Bertz CT molecular complexity index is 1150. The number of benzene rings is 1. The number of likely N-dealkylation sites (tertiary alicyclic amines) is 1. The van der Waals surface area contributed by atoms with E-state index in [1.807, 2.05) is 39.0 Å². The molecule has 3 heterocycles. The number of unbranched alkanes of at least 4 members (excludes halogenated alkanes) is 2. The van der Waals surface area contributed by atoms with Crippen LogP contribution in [0.15, 0.2) is 43.5 Å². The topological polar surface area (TPSA) is 96.4 Å². The number of aryl methyl sites for hydroxylation is 1. The average molecular weight is 587 g/mol. The predicted octanol–water partition coefficient (Wildman–Crippen LogP) is 4.85. The van der Waals surface area contributed by atoms with E-state index in [2.05, 4.69) is 13.2 Å². The molecule has 0 aromatic heterocycles. The van der Waals surface area contributed by atoms with Crippen LogP contribution in [0.4, 0.5) is 5.69 Å². The Labute approximate surface area is 248 Å². The first-order valence-corrected chi connectivity index (χ1v) is 15.1. The molecule has 0 aliphatic carbocycles. The molecule has 2 bridgehead atoms. The number of amides is 2. The molecule has 2 unspecified atom stereocenters. The van der Waals surface area contributed by atoms with E-state index in [1.54, 1.807) is 17.0 Å². The van der Waals surface area contributed by atoms with Crippen LogP contribution < -0.4 is 4.90 Å². The van der Waals surface area contributed by atoms with E-state index >= 15 is 0 Å². The smallest absolute Gasteiger partial charge is 0.312 e. The molecule has 9 heteroatoms. The zero-order chi connectivity index (χ0) is 29.9. The van der Waals surface area contributed by atoms with E-state index in [4.69, 9.17) is 21.1 Å². The molecule has 0 saturated carbocycles. The zero-order valence-corrected chi connectivity index (χ0v) is 25.1. The van der Waals surface area contributed by atoms with E-state index in [1.165, 1.54) is 4.90 Å². The third kappa shape index (κ3) is 5.71. The summed E-state index contributed by atoms with van der Waals surface area (Å²) in [6, 6.07) is 3.75. The summed E-state index contributed by atoms with van der Waals surface area (Å²) in [7, 11) is 0. The largest absolute Gasteiger partial charge is 0.465 e. The highest BCUT2D eigenvalue weighted by Crippen LogP contribution is 2.59. The average Bonchev–Trinajstić information content (AvgIpc) is 3.58. The van der Waals surface area contributed by atoms with Crippen molar-refractivity contribution < 1.29 is 29.0 Å². The lowest BCUT2D eigenvalue weighted by molar-refractivity contribution is -0.156. The Kier molecular flexibility index (Phi) is 9.98. The van der Waals surface area contributed by atoms with Crippen LogP contribution in [0.25, 0.3) is 0 Å². The fraction of sp³-hybridized carbons (Fsp3) is 0.594. The molecular formula is C32H43ClN2O6. The first-order chi connectivity index (χ1) is 19.6. The first kappa shape index (κ1) is 31.3. The summed E-state index contributed by atoms with van der Waals surface area (Å²) in [5.41, 5.74) is 0.136. The van der Waals surface area contributed by atoms with Crippen molar-refractivity contribution >= 4 is 35.1 Å². The number of nitrogens with zero attached hydrogens (tertiary/aromatic N) is 2. The summed E-state index contributed by atoms with van der Waals surface area (Å²) in [6.45, 7) is 13.6. The van der Waals surface area contributed by atoms with Gasteiger partial charge in [0.25, 0.3) is 5.91 Å². The molecule has 41 heavy (non-hydrogen) atoms. The van der Waals surface area contributed by atoms with E-state index < -0.39 is 41.6 Å². The van der Waals surface area contributed by atoms with E-state index in [9.17, 15) is 19.5 Å². The Hall–Kier alpha value is -2.68. The summed E-state index contributed by atoms with van der Waals surface area (Å²) in [5, 5.41) is 10.9. The van der Waals surface area contributed by atoms with Gasteiger partial charge in [-0.1, -0.05) is 49.7 Å². The van der Waals surface area contributed by atoms with Gasteiger partial charge in [-0.2, -0.15) is 0 Å².